The number of alkyl halides is 3. The summed E-state index contributed by atoms with van der Waals surface area (Å²) < 4.78 is 40.0. The molecule has 4 aromatic rings. The van der Waals surface area contributed by atoms with Crippen LogP contribution in [0.1, 0.15) is 33.5 Å². The van der Waals surface area contributed by atoms with Gasteiger partial charge in [0.25, 0.3) is 0 Å². The maximum Gasteiger partial charge on any atom is 0.390 e. The quantitative estimate of drug-likeness (QED) is 0.199. The number of carbonyl (C=O) groups is 2. The fourth-order valence-electron chi connectivity index (χ4n) is 4.49. The molecule has 212 valence electrons. The van der Waals surface area contributed by atoms with Crippen molar-refractivity contribution in [3.05, 3.63) is 118 Å². The van der Waals surface area contributed by atoms with E-state index in [1.807, 2.05) is 31.2 Å². The lowest BCUT2D eigenvalue weighted by atomic mass is 9.98. The Kier molecular flexibility index (Phi) is 9.35. The highest BCUT2D eigenvalue weighted by Crippen LogP contribution is 2.35. The Morgan fingerprint density at radius 2 is 1.63 bits per heavy atom. The zero-order valence-corrected chi connectivity index (χ0v) is 23.0. The van der Waals surface area contributed by atoms with Crippen molar-refractivity contribution >= 4 is 34.9 Å². The zero-order chi connectivity index (χ0) is 29.6. The molecule has 2 N–H and O–H groups in total. The lowest BCUT2D eigenvalue weighted by Gasteiger charge is -2.28. The molecule has 0 atom stereocenters. The molecule has 1 amide bonds. The van der Waals surface area contributed by atoms with Gasteiger partial charge in [-0.1, -0.05) is 77.8 Å². The van der Waals surface area contributed by atoms with Crippen molar-refractivity contribution in [2.75, 3.05) is 16.8 Å². The van der Waals surface area contributed by atoms with Crippen molar-refractivity contribution in [2.24, 2.45) is 0 Å². The number of hydrogen-bond acceptors (Lipinski definition) is 3. The molecule has 4 rings (SSSR count). The first-order valence-corrected chi connectivity index (χ1v) is 13.2. The fraction of sp³-hybridized carbons (Fsp3) is 0.188. The van der Waals surface area contributed by atoms with E-state index in [9.17, 15) is 27.9 Å². The number of aromatic carboxylic acids is 1. The number of carbonyl (C=O) groups excluding carboxylic acids is 1. The molecule has 0 spiro atoms. The van der Waals surface area contributed by atoms with Crippen LogP contribution in [0.25, 0.3) is 11.1 Å². The largest absolute Gasteiger partial charge is 0.478 e. The molecule has 0 bridgehead atoms. The van der Waals surface area contributed by atoms with E-state index in [2.05, 4.69) is 5.32 Å². The van der Waals surface area contributed by atoms with Crippen molar-refractivity contribution in [2.45, 2.75) is 32.5 Å². The minimum Gasteiger partial charge on any atom is -0.478 e. The number of nitrogens with one attached hydrogen (secondary N) is 1. The molecule has 0 aliphatic rings. The summed E-state index contributed by atoms with van der Waals surface area (Å²) in [4.78, 5) is 26.6. The molecule has 0 fully saturated rings. The number of carboxylic acids is 1. The van der Waals surface area contributed by atoms with Gasteiger partial charge in [0, 0.05) is 18.1 Å². The maximum absolute atomic E-state index is 13.3. The summed E-state index contributed by atoms with van der Waals surface area (Å²) in [5, 5.41) is 13.0. The number of nitrogens with zero attached hydrogens (tertiary/aromatic N) is 1. The minimum atomic E-state index is -4.40. The molecule has 41 heavy (non-hydrogen) atoms. The van der Waals surface area contributed by atoms with Gasteiger partial charge < -0.3 is 15.3 Å². The van der Waals surface area contributed by atoms with E-state index in [4.69, 9.17) is 11.6 Å². The predicted molar refractivity (Wildman–Crippen MR) is 156 cm³/mol. The highest BCUT2D eigenvalue weighted by Gasteiger charge is 2.29. The SMILES string of the molecule is Cc1ccc(CC(=O)Nc2cc(-c3ccccc3C(=O)O)ccc2N(CCC(F)(F)F)Cc2cccc(Cl)c2)cc1. The predicted octanol–water partition coefficient (Wildman–Crippen LogP) is 8.15. The Hall–Kier alpha value is -4.30. The Morgan fingerprint density at radius 1 is 0.902 bits per heavy atom. The number of amides is 1. The van der Waals surface area contributed by atoms with E-state index < -0.39 is 18.6 Å². The highest BCUT2D eigenvalue weighted by molar-refractivity contribution is 6.30. The summed E-state index contributed by atoms with van der Waals surface area (Å²) in [5.74, 6) is -1.49. The van der Waals surface area contributed by atoms with E-state index >= 15 is 0 Å². The monoisotopic (exact) mass is 580 g/mol. The van der Waals surface area contributed by atoms with Gasteiger partial charge in [-0.3, -0.25) is 4.79 Å². The Bertz CT molecular complexity index is 1540. The molecule has 0 heterocycles. The molecule has 0 aromatic heterocycles. The third-order valence-corrected chi connectivity index (χ3v) is 6.73. The topological polar surface area (TPSA) is 69.6 Å². The van der Waals surface area contributed by atoms with E-state index in [0.29, 0.717) is 27.4 Å². The minimum absolute atomic E-state index is 0.0481. The molecule has 0 unspecified atom stereocenters. The smallest absolute Gasteiger partial charge is 0.390 e. The number of anilines is 2. The molecule has 5 nitrogen and oxygen atoms in total. The first-order valence-electron chi connectivity index (χ1n) is 12.9. The Labute approximate surface area is 241 Å². The van der Waals surface area contributed by atoms with E-state index in [-0.39, 0.29) is 36.7 Å². The third-order valence-electron chi connectivity index (χ3n) is 6.49. The molecule has 0 aliphatic carbocycles. The van der Waals surface area contributed by atoms with Gasteiger partial charge >= 0.3 is 12.1 Å². The summed E-state index contributed by atoms with van der Waals surface area (Å²) >= 11 is 6.14. The molecule has 4 aromatic carbocycles. The number of halogens is 4. The summed E-state index contributed by atoms with van der Waals surface area (Å²) in [7, 11) is 0. The molecule has 0 aliphatic heterocycles. The molecular formula is C32H28ClF3N2O3. The molecule has 0 radical (unpaired) electrons. The van der Waals surface area contributed by atoms with Gasteiger partial charge in [-0.25, -0.2) is 4.79 Å². The molecule has 0 saturated carbocycles. The Morgan fingerprint density at radius 3 is 2.32 bits per heavy atom. The van der Waals surface area contributed by atoms with Gasteiger partial charge in [-0.05, 0) is 59.5 Å². The lowest BCUT2D eigenvalue weighted by molar-refractivity contribution is -0.132. The van der Waals surface area contributed by atoms with Gasteiger partial charge in [-0.15, -0.1) is 0 Å². The van der Waals surface area contributed by atoms with Crippen molar-refractivity contribution in [1.82, 2.24) is 0 Å². The lowest BCUT2D eigenvalue weighted by Crippen LogP contribution is -2.29. The maximum atomic E-state index is 13.3. The third kappa shape index (κ3) is 8.35. The van der Waals surface area contributed by atoms with E-state index in [1.165, 1.54) is 11.0 Å². The van der Waals surface area contributed by atoms with Crippen LogP contribution < -0.4 is 10.2 Å². The van der Waals surface area contributed by atoms with Gasteiger partial charge in [0.15, 0.2) is 0 Å². The van der Waals surface area contributed by atoms with Crippen molar-refractivity contribution in [3.63, 3.8) is 0 Å². The van der Waals surface area contributed by atoms with Crippen LogP contribution in [0.5, 0.6) is 0 Å². The van der Waals surface area contributed by atoms with Crippen LogP contribution in [0.2, 0.25) is 5.02 Å². The van der Waals surface area contributed by atoms with Crippen molar-refractivity contribution < 1.29 is 27.9 Å². The number of carboxylic acid groups (broad SMARTS) is 1. The van der Waals surface area contributed by atoms with Crippen LogP contribution in [0.4, 0.5) is 24.5 Å². The second-order valence-electron chi connectivity index (χ2n) is 9.71. The van der Waals surface area contributed by atoms with E-state index in [0.717, 1.165) is 11.1 Å². The molecular weight excluding hydrogens is 553 g/mol. The van der Waals surface area contributed by atoms with Crippen LogP contribution in [0, 0.1) is 6.92 Å². The zero-order valence-electron chi connectivity index (χ0n) is 22.2. The van der Waals surface area contributed by atoms with E-state index in [1.54, 1.807) is 60.7 Å². The van der Waals surface area contributed by atoms with Gasteiger partial charge in [0.05, 0.1) is 29.8 Å². The van der Waals surface area contributed by atoms with Crippen molar-refractivity contribution in [1.29, 1.82) is 0 Å². The fourth-order valence-corrected chi connectivity index (χ4v) is 4.70. The van der Waals surface area contributed by atoms with Crippen LogP contribution in [-0.4, -0.2) is 29.7 Å². The van der Waals surface area contributed by atoms with Crippen LogP contribution in [-0.2, 0) is 17.8 Å². The van der Waals surface area contributed by atoms with Crippen LogP contribution in [0.3, 0.4) is 0 Å². The standard InChI is InChI=1S/C32H28ClF3N2O3/c1-21-9-11-22(12-10-21)18-30(39)37-28-19-24(26-7-2-3-8-27(26)31(40)41)13-14-29(28)38(16-15-32(34,35)36)20-23-5-4-6-25(33)17-23/h2-14,17,19H,15-16,18,20H2,1H3,(H,37,39)(H,40,41). The summed E-state index contributed by atoms with van der Waals surface area (Å²) in [5.41, 5.74) is 4.11. The number of aryl methyl sites for hydroxylation is 1. The van der Waals surface area contributed by atoms with Gasteiger partial charge in [0.1, 0.15) is 0 Å². The average molecular weight is 581 g/mol. The van der Waals surface area contributed by atoms with Crippen LogP contribution in [0.15, 0.2) is 91.0 Å². The van der Waals surface area contributed by atoms with Gasteiger partial charge in [0.2, 0.25) is 5.91 Å². The molecule has 9 heteroatoms. The second kappa shape index (κ2) is 12.9. The van der Waals surface area contributed by atoms with Crippen LogP contribution >= 0.6 is 11.6 Å². The summed E-state index contributed by atoms with van der Waals surface area (Å²) in [6.07, 6.45) is -5.43. The normalized spacial score (nSPS) is 11.2. The number of benzene rings is 4. The Balaban J connectivity index is 1.77. The number of rotatable bonds is 10. The highest BCUT2D eigenvalue weighted by atomic mass is 35.5. The number of hydrogen-bond donors (Lipinski definition) is 2. The van der Waals surface area contributed by atoms with Gasteiger partial charge in [-0.2, -0.15) is 13.2 Å². The van der Waals surface area contributed by atoms with Crippen molar-refractivity contribution in [3.8, 4) is 11.1 Å². The average Bonchev–Trinajstić information content (AvgIpc) is 2.92. The second-order valence-corrected chi connectivity index (χ2v) is 10.1. The summed E-state index contributed by atoms with van der Waals surface area (Å²) in [6.45, 7) is 1.66. The molecule has 0 saturated heterocycles. The summed E-state index contributed by atoms with van der Waals surface area (Å²) in [6, 6.07) is 25.6. The first-order chi connectivity index (χ1) is 19.5. The first kappa shape index (κ1) is 29.7.